The summed E-state index contributed by atoms with van der Waals surface area (Å²) in [5, 5.41) is 8.09. The number of amidine groups is 1. The Kier molecular flexibility index (Phi) is 41.3. The van der Waals surface area contributed by atoms with Gasteiger partial charge >= 0.3 is 36.3 Å². The molecular formula is C83H107N7O26. The second kappa shape index (κ2) is 49.4. The quantitative estimate of drug-likeness (QED) is 0.00924. The van der Waals surface area contributed by atoms with Gasteiger partial charge in [0.1, 0.15) is 88.5 Å². The predicted molar refractivity (Wildman–Crippen MR) is 421 cm³/mol. The van der Waals surface area contributed by atoms with E-state index in [0.29, 0.717) is 28.9 Å². The van der Waals surface area contributed by atoms with Crippen LogP contribution in [0.3, 0.4) is 0 Å². The van der Waals surface area contributed by atoms with Crippen LogP contribution in [-0.2, 0) is 105 Å². The number of anilines is 1. The zero-order valence-electron chi connectivity index (χ0n) is 68.3. The molecule has 0 spiro atoms. The lowest BCUT2D eigenvalue weighted by molar-refractivity contribution is -0.135. The molecule has 0 saturated heterocycles. The number of ketones is 8. The van der Waals surface area contributed by atoms with Gasteiger partial charge < -0.3 is 68.1 Å². The Labute approximate surface area is 674 Å². The second-order valence-corrected chi connectivity index (χ2v) is 29.3. The highest BCUT2D eigenvalue weighted by Crippen LogP contribution is 2.23. The SMILES string of the molecule is CC(=O)C[C@H](CC(=O)[C@H](CC(C)=O)N(CC(C)=O)C(=O)OCc1ccc(OC(=O)c2ccc(NC(C)=NC(=O)OC(C)(C)C)cc2)cc1)C(=O)NCCOCCOCCOCCOCCCC(=O)[C@H](CC(C)=O)NC(=O)[C@H](CC(C)=O)N(CC(C)=O)C(=O)OCc1ccc(OC(=O)c2ccc(CC(C)=NC(=O)OC(C)(C)C)cc2)cc1. The van der Waals surface area contributed by atoms with Crippen LogP contribution in [0.25, 0.3) is 0 Å². The predicted octanol–water partition coefficient (Wildman–Crippen LogP) is 9.83. The molecule has 630 valence electrons. The molecule has 0 aliphatic rings. The first kappa shape index (κ1) is 96.9. The zero-order valence-corrected chi connectivity index (χ0v) is 68.3. The van der Waals surface area contributed by atoms with E-state index in [1.807, 2.05) is 0 Å². The number of nitrogens with zero attached hydrogens (tertiary/aromatic N) is 4. The molecule has 4 atom stereocenters. The van der Waals surface area contributed by atoms with Crippen LogP contribution in [0.15, 0.2) is 107 Å². The van der Waals surface area contributed by atoms with Gasteiger partial charge in [-0.05, 0) is 181 Å². The molecule has 0 saturated carbocycles. The van der Waals surface area contributed by atoms with Gasteiger partial charge in [0.05, 0.1) is 82.4 Å². The first-order valence-corrected chi connectivity index (χ1v) is 37.6. The monoisotopic (exact) mass is 1620 g/mol. The molecule has 0 aliphatic carbocycles. The summed E-state index contributed by atoms with van der Waals surface area (Å²) < 4.78 is 54.7. The fourth-order valence-electron chi connectivity index (χ4n) is 10.8. The molecule has 6 amide bonds. The van der Waals surface area contributed by atoms with E-state index in [2.05, 4.69) is 25.9 Å². The van der Waals surface area contributed by atoms with Gasteiger partial charge in [-0.15, -0.1) is 0 Å². The van der Waals surface area contributed by atoms with Crippen LogP contribution in [0.2, 0.25) is 0 Å². The maximum absolute atomic E-state index is 14.0. The van der Waals surface area contributed by atoms with Crippen LogP contribution in [0, 0.1) is 5.92 Å². The van der Waals surface area contributed by atoms with Gasteiger partial charge in [-0.3, -0.25) is 53.0 Å². The maximum atomic E-state index is 14.0. The highest BCUT2D eigenvalue weighted by atomic mass is 16.6. The minimum absolute atomic E-state index is 0.0109. The van der Waals surface area contributed by atoms with Crippen LogP contribution in [-0.4, -0.2) is 218 Å². The molecule has 4 rings (SSSR count). The zero-order chi connectivity index (χ0) is 86.2. The number of amides is 6. The van der Waals surface area contributed by atoms with E-state index >= 15 is 0 Å². The van der Waals surface area contributed by atoms with Crippen molar-refractivity contribution in [2.75, 3.05) is 77.8 Å². The average Bonchev–Trinajstić information content (AvgIpc) is 0.839. The Balaban J connectivity index is 1.15. The largest absolute Gasteiger partial charge is 0.445 e. The Morgan fingerprint density at radius 1 is 0.422 bits per heavy atom. The molecule has 116 heavy (non-hydrogen) atoms. The van der Waals surface area contributed by atoms with E-state index in [-0.39, 0.29) is 120 Å². The number of carbonyl (C=O) groups excluding carboxylic acids is 16. The van der Waals surface area contributed by atoms with E-state index in [1.165, 1.54) is 95.3 Å². The van der Waals surface area contributed by atoms with E-state index in [9.17, 15) is 76.7 Å². The normalized spacial score (nSPS) is 12.6. The summed E-state index contributed by atoms with van der Waals surface area (Å²) in [7, 11) is 0. The van der Waals surface area contributed by atoms with Crippen molar-refractivity contribution in [2.45, 2.75) is 191 Å². The van der Waals surface area contributed by atoms with Crippen molar-refractivity contribution < 1.29 is 124 Å². The fourth-order valence-corrected chi connectivity index (χ4v) is 10.8. The number of hydrogen-bond donors (Lipinski definition) is 3. The van der Waals surface area contributed by atoms with Gasteiger partial charge in [-0.1, -0.05) is 36.4 Å². The Morgan fingerprint density at radius 2 is 0.836 bits per heavy atom. The van der Waals surface area contributed by atoms with Crippen molar-refractivity contribution >= 4 is 112 Å². The van der Waals surface area contributed by atoms with Crippen LogP contribution in [0.1, 0.15) is 179 Å². The van der Waals surface area contributed by atoms with E-state index in [1.54, 1.807) is 91.8 Å². The highest BCUT2D eigenvalue weighted by molar-refractivity contribution is 6.01. The molecular weight excluding hydrogens is 1510 g/mol. The average molecular weight is 1620 g/mol. The lowest BCUT2D eigenvalue weighted by atomic mass is 9.91. The van der Waals surface area contributed by atoms with Crippen molar-refractivity contribution in [1.29, 1.82) is 0 Å². The van der Waals surface area contributed by atoms with Crippen molar-refractivity contribution in [3.8, 4) is 11.5 Å². The molecule has 0 fully saturated rings. The number of hydrogen-bond acceptors (Lipinski definition) is 26. The Bertz CT molecular complexity index is 3860. The molecule has 0 unspecified atom stereocenters. The first-order chi connectivity index (χ1) is 54.6. The number of rotatable bonds is 48. The van der Waals surface area contributed by atoms with Crippen LogP contribution in [0.5, 0.6) is 11.5 Å². The van der Waals surface area contributed by atoms with Gasteiger partial charge in [0.2, 0.25) is 11.8 Å². The smallest absolute Gasteiger partial charge is 0.435 e. The summed E-state index contributed by atoms with van der Waals surface area (Å²) in [6, 6.07) is 20.1. The minimum Gasteiger partial charge on any atom is -0.445 e. The molecule has 4 aromatic rings. The standard InChI is InChI=1S/C83H107N7O26/c1-52(85-78(103)115-82(9,10)11)42-60-17-23-63(24-18-60)76(101)113-67-29-21-62(22-30-67)51-112-81(106)90(49-58(7)96)71(46-56(5)94)75(100)88-69(44-54(3)92)72(97)16-15-34-107-36-38-109-40-41-110-39-37-108-35-33-84-74(99)65(43-53(2)91)47-73(98)70(45-55(4)93)89(48-57(6)95)80(105)111-50-61-19-31-68(32-20-61)114-77(102)64-25-27-66(28-26-64)86-59(8)87-79(104)116-83(12,13)14/h17-32,65,69-71H,15-16,33-51H2,1-14H3,(H,84,99)(H,88,100)(H,86,87,104)/t65-,69+,70+,71+/m1/s1. The van der Waals surface area contributed by atoms with Crippen LogP contribution >= 0.6 is 0 Å². The van der Waals surface area contributed by atoms with Crippen molar-refractivity contribution in [2.24, 2.45) is 15.9 Å². The topological polar surface area (TPSA) is 433 Å². The van der Waals surface area contributed by atoms with Crippen LogP contribution in [0.4, 0.5) is 24.9 Å². The lowest BCUT2D eigenvalue weighted by Gasteiger charge is -2.30. The van der Waals surface area contributed by atoms with Gasteiger partial charge in [0, 0.05) is 69.5 Å². The molecule has 33 heteroatoms. The molecule has 33 nitrogen and oxygen atoms in total. The number of benzene rings is 4. The van der Waals surface area contributed by atoms with Crippen molar-refractivity contribution in [3.05, 3.63) is 125 Å². The summed E-state index contributed by atoms with van der Waals surface area (Å²) in [4.78, 5) is 217. The third-order valence-corrected chi connectivity index (χ3v) is 16.0. The maximum Gasteiger partial charge on any atom is 0.435 e. The number of Topliss-reactive ketones (excluding diaryl/α,β-unsaturated/α-hetero) is 8. The number of nitrogens with one attached hydrogen (secondary N) is 3. The third kappa shape index (κ3) is 39.6. The Morgan fingerprint density at radius 3 is 1.28 bits per heavy atom. The Hall–Kier alpha value is -11.4. The number of aliphatic imine (C=N–C) groups is 2. The van der Waals surface area contributed by atoms with Crippen molar-refractivity contribution in [3.63, 3.8) is 0 Å². The molecule has 3 N–H and O–H groups in total. The molecule has 0 bridgehead atoms. The lowest BCUT2D eigenvalue weighted by Crippen LogP contribution is -2.55. The van der Waals surface area contributed by atoms with Gasteiger partial charge in [-0.2, -0.15) is 9.98 Å². The molecule has 0 aliphatic heterocycles. The minimum atomic E-state index is -1.62. The fraction of sp³-hybridized carbons (Fsp3) is 0.494. The van der Waals surface area contributed by atoms with E-state index < -0.39 is 168 Å². The summed E-state index contributed by atoms with van der Waals surface area (Å²) in [6.45, 7) is 19.7. The molecule has 0 radical (unpaired) electrons. The van der Waals surface area contributed by atoms with Crippen LogP contribution < -0.4 is 25.4 Å². The first-order valence-electron chi connectivity index (χ1n) is 37.6. The highest BCUT2D eigenvalue weighted by Gasteiger charge is 2.38. The number of carbonyl (C=O) groups is 16. The molecule has 0 heterocycles. The van der Waals surface area contributed by atoms with Gasteiger partial charge in [0.15, 0.2) is 11.6 Å². The van der Waals surface area contributed by atoms with E-state index in [0.717, 1.165) is 22.3 Å². The summed E-state index contributed by atoms with van der Waals surface area (Å²) in [5.41, 5.74) is 1.70. The van der Waals surface area contributed by atoms with Crippen molar-refractivity contribution in [1.82, 2.24) is 20.4 Å². The summed E-state index contributed by atoms with van der Waals surface area (Å²) in [6.07, 6.45) is -5.80. The molecule has 4 aromatic carbocycles. The van der Waals surface area contributed by atoms with E-state index in [4.69, 9.17) is 47.4 Å². The number of ether oxygens (including phenoxy) is 10. The summed E-state index contributed by atoms with van der Waals surface area (Å²) in [5.74, 6) is -8.01. The number of esters is 2. The summed E-state index contributed by atoms with van der Waals surface area (Å²) >= 11 is 0. The van der Waals surface area contributed by atoms with Gasteiger partial charge in [-0.25, -0.2) is 28.8 Å². The second-order valence-electron chi connectivity index (χ2n) is 29.3. The molecule has 0 aromatic heterocycles. The third-order valence-electron chi connectivity index (χ3n) is 16.0. The van der Waals surface area contributed by atoms with Gasteiger partial charge in [0.25, 0.3) is 0 Å².